The maximum atomic E-state index is 12.5. The number of carbonyl (C=O) groups excluding carboxylic acids is 1. The van der Waals surface area contributed by atoms with Crippen LogP contribution in [0, 0.1) is 6.92 Å². The number of carbonyl (C=O) groups is 1. The number of para-hydroxylation sites is 1. The first-order valence-corrected chi connectivity index (χ1v) is 9.23. The summed E-state index contributed by atoms with van der Waals surface area (Å²) in [5.74, 6) is 0.518. The first-order valence-electron chi connectivity index (χ1n) is 7.60. The lowest BCUT2D eigenvalue weighted by Gasteiger charge is -2.14. The highest BCUT2D eigenvalue weighted by Crippen LogP contribution is 2.30. The van der Waals surface area contributed by atoms with Crippen molar-refractivity contribution in [2.24, 2.45) is 0 Å². The van der Waals surface area contributed by atoms with Gasteiger partial charge in [-0.05, 0) is 38.1 Å². The molecule has 1 amide bonds. The van der Waals surface area contributed by atoms with Gasteiger partial charge in [-0.1, -0.05) is 53.2 Å². The molecule has 0 spiro atoms. The largest absolute Gasteiger partial charge is 0.324 e. The van der Waals surface area contributed by atoms with Crippen LogP contribution in [0.3, 0.4) is 0 Å². The van der Waals surface area contributed by atoms with Crippen molar-refractivity contribution in [2.45, 2.75) is 24.1 Å². The highest BCUT2D eigenvalue weighted by molar-refractivity contribution is 8.00. The van der Waals surface area contributed by atoms with Gasteiger partial charge < -0.3 is 5.32 Å². The van der Waals surface area contributed by atoms with Crippen LogP contribution >= 0.6 is 35.0 Å². The maximum Gasteiger partial charge on any atom is 0.237 e. The molecule has 0 radical (unpaired) electrons. The molecule has 1 heterocycles. The van der Waals surface area contributed by atoms with Crippen LogP contribution in [0.25, 0.3) is 10.9 Å². The molecule has 3 aromatic rings. The summed E-state index contributed by atoms with van der Waals surface area (Å²) in [6.07, 6.45) is 0. The molecule has 7 heteroatoms. The van der Waals surface area contributed by atoms with E-state index in [0.717, 1.165) is 15.9 Å². The second-order valence-electron chi connectivity index (χ2n) is 5.47. The van der Waals surface area contributed by atoms with Gasteiger partial charge in [-0.2, -0.15) is 0 Å². The number of nitrogens with zero attached hydrogens (tertiary/aromatic N) is 2. The number of aryl methyl sites for hydroxylation is 1. The molecule has 3 rings (SSSR count). The molecule has 128 valence electrons. The Morgan fingerprint density at radius 3 is 2.68 bits per heavy atom. The van der Waals surface area contributed by atoms with Crippen LogP contribution < -0.4 is 5.32 Å². The third kappa shape index (κ3) is 4.24. The number of fused-ring (bicyclic) bond motifs is 1. The molecule has 1 aromatic heterocycles. The van der Waals surface area contributed by atoms with E-state index in [0.29, 0.717) is 21.6 Å². The number of halogens is 2. The lowest BCUT2D eigenvalue weighted by molar-refractivity contribution is -0.115. The van der Waals surface area contributed by atoms with Gasteiger partial charge in [0.25, 0.3) is 0 Å². The summed E-state index contributed by atoms with van der Waals surface area (Å²) in [6.45, 7) is 3.67. The molecule has 0 bridgehead atoms. The summed E-state index contributed by atoms with van der Waals surface area (Å²) in [5, 5.41) is 5.11. The number of thioether (sulfide) groups is 1. The number of hydrogen-bond acceptors (Lipinski definition) is 4. The van der Waals surface area contributed by atoms with E-state index in [1.165, 1.54) is 11.8 Å². The molecule has 0 aliphatic carbocycles. The van der Waals surface area contributed by atoms with Gasteiger partial charge in [-0.25, -0.2) is 9.97 Å². The van der Waals surface area contributed by atoms with E-state index in [2.05, 4.69) is 15.3 Å². The molecule has 0 saturated heterocycles. The molecule has 4 nitrogen and oxygen atoms in total. The van der Waals surface area contributed by atoms with Crippen LogP contribution in [0.15, 0.2) is 47.5 Å². The van der Waals surface area contributed by atoms with Gasteiger partial charge in [0.1, 0.15) is 10.9 Å². The lowest BCUT2D eigenvalue weighted by Crippen LogP contribution is -2.22. The van der Waals surface area contributed by atoms with E-state index in [-0.39, 0.29) is 11.2 Å². The van der Waals surface area contributed by atoms with E-state index in [1.807, 2.05) is 38.1 Å². The Morgan fingerprint density at radius 1 is 1.16 bits per heavy atom. The zero-order chi connectivity index (χ0) is 18.0. The summed E-state index contributed by atoms with van der Waals surface area (Å²) in [6, 6.07) is 12.7. The summed E-state index contributed by atoms with van der Waals surface area (Å²) in [4.78, 5) is 21.4. The van der Waals surface area contributed by atoms with E-state index >= 15 is 0 Å². The second-order valence-corrected chi connectivity index (χ2v) is 7.64. The summed E-state index contributed by atoms with van der Waals surface area (Å²) >= 11 is 13.4. The predicted molar refractivity (Wildman–Crippen MR) is 105 cm³/mol. The molecular formula is C18H15Cl2N3OS. The molecule has 0 saturated carbocycles. The van der Waals surface area contributed by atoms with Gasteiger partial charge in [0.15, 0.2) is 0 Å². The van der Waals surface area contributed by atoms with Gasteiger partial charge in [0.05, 0.1) is 21.5 Å². The van der Waals surface area contributed by atoms with Gasteiger partial charge in [0, 0.05) is 10.4 Å². The maximum absolute atomic E-state index is 12.5. The van der Waals surface area contributed by atoms with Crippen LogP contribution in [0.1, 0.15) is 12.7 Å². The van der Waals surface area contributed by atoms with Gasteiger partial charge in [-0.3, -0.25) is 4.79 Å². The average molecular weight is 392 g/mol. The Balaban J connectivity index is 1.80. The standard InChI is InChI=1S/C18H15Cl2N3OS/c1-10(17(24)23-16-8-7-12(19)9-14(16)20)25-18-13-5-3-4-6-15(13)21-11(2)22-18/h3-10H,1-2H3,(H,23,24). The Morgan fingerprint density at radius 2 is 1.92 bits per heavy atom. The van der Waals surface area contributed by atoms with Crippen LogP contribution in [-0.4, -0.2) is 21.1 Å². The molecular weight excluding hydrogens is 377 g/mol. The van der Waals surface area contributed by atoms with Gasteiger partial charge >= 0.3 is 0 Å². The first-order chi connectivity index (χ1) is 11.9. The van der Waals surface area contributed by atoms with Crippen molar-refractivity contribution >= 4 is 57.5 Å². The average Bonchev–Trinajstić information content (AvgIpc) is 2.57. The van der Waals surface area contributed by atoms with E-state index in [1.54, 1.807) is 18.2 Å². The van der Waals surface area contributed by atoms with Crippen molar-refractivity contribution in [3.8, 4) is 0 Å². The monoisotopic (exact) mass is 391 g/mol. The predicted octanol–water partition coefficient (Wildman–Crippen LogP) is 5.36. The van der Waals surface area contributed by atoms with Crippen molar-refractivity contribution in [2.75, 3.05) is 5.32 Å². The Bertz CT molecular complexity index is 949. The van der Waals surface area contributed by atoms with Crippen LogP contribution in [0.4, 0.5) is 5.69 Å². The van der Waals surface area contributed by atoms with Crippen molar-refractivity contribution < 1.29 is 4.79 Å². The smallest absolute Gasteiger partial charge is 0.237 e. The molecule has 2 aromatic carbocycles. The highest BCUT2D eigenvalue weighted by Gasteiger charge is 2.18. The first kappa shape index (κ1) is 18.0. The zero-order valence-electron chi connectivity index (χ0n) is 13.6. The summed E-state index contributed by atoms with van der Waals surface area (Å²) in [5.41, 5.74) is 1.40. The highest BCUT2D eigenvalue weighted by atomic mass is 35.5. The zero-order valence-corrected chi connectivity index (χ0v) is 15.9. The van der Waals surface area contributed by atoms with Crippen molar-refractivity contribution in [1.82, 2.24) is 9.97 Å². The fourth-order valence-corrected chi connectivity index (χ4v) is 3.74. The fourth-order valence-electron chi connectivity index (χ4n) is 2.29. The number of anilines is 1. The van der Waals surface area contributed by atoms with Crippen molar-refractivity contribution in [1.29, 1.82) is 0 Å². The number of benzene rings is 2. The quantitative estimate of drug-likeness (QED) is 0.480. The lowest BCUT2D eigenvalue weighted by atomic mass is 10.2. The second kappa shape index (κ2) is 7.60. The normalized spacial score (nSPS) is 12.2. The third-order valence-corrected chi connectivity index (χ3v) is 5.18. The van der Waals surface area contributed by atoms with E-state index < -0.39 is 0 Å². The molecule has 0 aliphatic rings. The fraction of sp³-hybridized carbons (Fsp3) is 0.167. The minimum Gasteiger partial charge on any atom is -0.324 e. The molecule has 1 unspecified atom stereocenters. The number of amides is 1. The minimum absolute atomic E-state index is 0.158. The molecule has 0 aliphatic heterocycles. The van der Waals surface area contributed by atoms with Crippen molar-refractivity contribution in [3.05, 3.63) is 58.3 Å². The van der Waals surface area contributed by atoms with E-state index in [9.17, 15) is 4.79 Å². The topological polar surface area (TPSA) is 54.9 Å². The molecule has 25 heavy (non-hydrogen) atoms. The van der Waals surface area contributed by atoms with Crippen LogP contribution in [0.2, 0.25) is 10.0 Å². The van der Waals surface area contributed by atoms with Gasteiger partial charge in [0.2, 0.25) is 5.91 Å². The number of rotatable bonds is 4. The van der Waals surface area contributed by atoms with E-state index in [4.69, 9.17) is 23.2 Å². The SMILES string of the molecule is Cc1nc(SC(C)C(=O)Nc2ccc(Cl)cc2Cl)c2ccccc2n1. The van der Waals surface area contributed by atoms with Crippen LogP contribution in [0.5, 0.6) is 0 Å². The number of aromatic nitrogens is 2. The number of nitrogens with one attached hydrogen (secondary N) is 1. The Hall–Kier alpha value is -1.82. The molecule has 1 atom stereocenters. The number of hydrogen-bond donors (Lipinski definition) is 1. The third-order valence-electron chi connectivity index (χ3n) is 3.53. The van der Waals surface area contributed by atoms with Crippen LogP contribution in [-0.2, 0) is 4.79 Å². The molecule has 0 fully saturated rings. The minimum atomic E-state index is -0.357. The molecule has 1 N–H and O–H groups in total. The summed E-state index contributed by atoms with van der Waals surface area (Å²) < 4.78 is 0. The Kier molecular flexibility index (Phi) is 5.47. The summed E-state index contributed by atoms with van der Waals surface area (Å²) in [7, 11) is 0. The Labute approximate surface area is 160 Å². The van der Waals surface area contributed by atoms with Crippen molar-refractivity contribution in [3.63, 3.8) is 0 Å². The van der Waals surface area contributed by atoms with Gasteiger partial charge in [-0.15, -0.1) is 0 Å².